The number of thiazole rings is 1. The fourth-order valence-electron chi connectivity index (χ4n) is 3.15. The second-order valence-electron chi connectivity index (χ2n) is 6.57. The molecule has 3 aromatic rings. The third kappa shape index (κ3) is 4.48. The largest absolute Gasteiger partial charge is 0.484 e. The molecule has 1 aliphatic rings. The summed E-state index contributed by atoms with van der Waals surface area (Å²) in [4.78, 5) is 20.6. The predicted octanol–water partition coefficient (Wildman–Crippen LogP) is 4.61. The monoisotopic (exact) mass is 414 g/mol. The Labute approximate surface area is 172 Å². The average Bonchev–Trinajstić information content (AvgIpc) is 3.39. The lowest BCUT2D eigenvalue weighted by Crippen LogP contribution is -2.40. The highest BCUT2D eigenvalue weighted by atomic mass is 32.2. The first kappa shape index (κ1) is 19.2. The lowest BCUT2D eigenvalue weighted by Gasteiger charge is -2.23. The van der Waals surface area contributed by atoms with Crippen LogP contribution in [-0.4, -0.2) is 43.0 Å². The van der Waals surface area contributed by atoms with Gasteiger partial charge in [0, 0.05) is 11.5 Å². The lowest BCUT2D eigenvalue weighted by molar-refractivity contribution is -0.120. The molecule has 1 aromatic heterocycles. The van der Waals surface area contributed by atoms with Gasteiger partial charge in [-0.15, -0.1) is 11.8 Å². The van der Waals surface area contributed by atoms with Gasteiger partial charge in [-0.1, -0.05) is 29.5 Å². The van der Waals surface area contributed by atoms with E-state index in [1.165, 1.54) is 16.2 Å². The molecular weight excluding hydrogens is 392 g/mol. The quantitative estimate of drug-likeness (QED) is 0.529. The van der Waals surface area contributed by atoms with Gasteiger partial charge in [-0.05, 0) is 49.4 Å². The molecule has 28 heavy (non-hydrogen) atoms. The van der Waals surface area contributed by atoms with E-state index in [1.54, 1.807) is 16.7 Å². The van der Waals surface area contributed by atoms with E-state index < -0.39 is 0 Å². The highest BCUT2D eigenvalue weighted by Crippen LogP contribution is 2.32. The maximum atomic E-state index is 13.0. The van der Waals surface area contributed by atoms with Crippen molar-refractivity contribution in [1.29, 1.82) is 0 Å². The number of nitrogens with zero attached hydrogens (tertiary/aromatic N) is 2. The standard InChI is InChI=1S/C21H22N2O3S2/c1-27-17-9-10-18-19(12-17)28-21(22-18)23(13-16-8-5-11-25-16)20(24)14-26-15-6-3-2-4-7-15/h2-4,6-7,9-10,12,16H,5,8,11,13-14H2,1H3/t16-/m1/s1. The van der Waals surface area contributed by atoms with Crippen LogP contribution in [0.25, 0.3) is 10.2 Å². The summed E-state index contributed by atoms with van der Waals surface area (Å²) in [5, 5.41) is 0.699. The Bertz CT molecular complexity index is 939. The van der Waals surface area contributed by atoms with Gasteiger partial charge < -0.3 is 9.47 Å². The summed E-state index contributed by atoms with van der Waals surface area (Å²) >= 11 is 3.24. The van der Waals surface area contributed by atoms with Crippen LogP contribution < -0.4 is 9.64 Å². The summed E-state index contributed by atoms with van der Waals surface area (Å²) in [6, 6.07) is 15.6. The second kappa shape index (κ2) is 8.94. The van der Waals surface area contributed by atoms with Crippen molar-refractivity contribution >= 4 is 44.4 Å². The molecule has 1 atom stereocenters. The van der Waals surface area contributed by atoms with Crippen LogP contribution >= 0.6 is 23.1 Å². The van der Waals surface area contributed by atoms with E-state index in [4.69, 9.17) is 14.5 Å². The fraction of sp³-hybridized carbons (Fsp3) is 0.333. The molecule has 0 bridgehead atoms. The number of anilines is 1. The Kier molecular flexibility index (Phi) is 6.14. The highest BCUT2D eigenvalue weighted by molar-refractivity contribution is 7.98. The maximum Gasteiger partial charge on any atom is 0.266 e. The molecule has 1 amide bonds. The van der Waals surface area contributed by atoms with Crippen molar-refractivity contribution in [3.05, 3.63) is 48.5 Å². The van der Waals surface area contributed by atoms with Crippen molar-refractivity contribution < 1.29 is 14.3 Å². The van der Waals surface area contributed by atoms with Gasteiger partial charge in [0.1, 0.15) is 5.75 Å². The first-order valence-corrected chi connectivity index (χ1v) is 11.3. The van der Waals surface area contributed by atoms with Crippen LogP contribution in [0.15, 0.2) is 53.4 Å². The highest BCUT2D eigenvalue weighted by Gasteiger charge is 2.26. The van der Waals surface area contributed by atoms with Crippen LogP contribution in [0, 0.1) is 0 Å². The van der Waals surface area contributed by atoms with Gasteiger partial charge in [-0.3, -0.25) is 9.69 Å². The number of benzene rings is 2. The number of hydrogen-bond acceptors (Lipinski definition) is 6. The van der Waals surface area contributed by atoms with E-state index in [0.717, 1.165) is 29.7 Å². The molecule has 146 valence electrons. The van der Waals surface area contributed by atoms with Crippen LogP contribution in [0.3, 0.4) is 0 Å². The lowest BCUT2D eigenvalue weighted by atomic mass is 10.2. The number of carbonyl (C=O) groups excluding carboxylic acids is 1. The summed E-state index contributed by atoms with van der Waals surface area (Å²) in [6.45, 7) is 1.24. The number of para-hydroxylation sites is 1. The zero-order valence-electron chi connectivity index (χ0n) is 15.7. The topological polar surface area (TPSA) is 51.7 Å². The first-order chi connectivity index (χ1) is 13.7. The number of ether oxygens (including phenoxy) is 2. The van der Waals surface area contributed by atoms with Crippen molar-refractivity contribution in [2.75, 3.05) is 30.9 Å². The molecule has 5 nitrogen and oxygen atoms in total. The summed E-state index contributed by atoms with van der Waals surface area (Å²) in [5.74, 6) is 0.574. The fourth-order valence-corrected chi connectivity index (χ4v) is 4.70. The third-order valence-corrected chi connectivity index (χ3v) is 6.40. The van der Waals surface area contributed by atoms with Crippen LogP contribution in [0.4, 0.5) is 5.13 Å². The first-order valence-electron chi connectivity index (χ1n) is 9.27. The van der Waals surface area contributed by atoms with Gasteiger partial charge in [0.05, 0.1) is 22.9 Å². The molecule has 4 rings (SSSR count). The summed E-state index contributed by atoms with van der Waals surface area (Å²) in [7, 11) is 0. The number of hydrogen-bond donors (Lipinski definition) is 0. The van der Waals surface area contributed by atoms with Crippen molar-refractivity contribution in [3.8, 4) is 5.75 Å². The molecule has 0 spiro atoms. The number of fused-ring (bicyclic) bond motifs is 1. The molecule has 1 fully saturated rings. The van der Waals surface area contributed by atoms with E-state index in [2.05, 4.69) is 18.4 Å². The molecule has 0 unspecified atom stereocenters. The minimum atomic E-state index is -0.108. The van der Waals surface area contributed by atoms with E-state index in [1.807, 2.05) is 36.4 Å². The van der Waals surface area contributed by atoms with Gasteiger partial charge >= 0.3 is 0 Å². The number of thioether (sulfide) groups is 1. The molecule has 0 aliphatic carbocycles. The van der Waals surface area contributed by atoms with Gasteiger partial charge in [0.2, 0.25) is 0 Å². The molecule has 0 radical (unpaired) electrons. The number of carbonyl (C=O) groups is 1. The van der Waals surface area contributed by atoms with Gasteiger partial charge in [0.15, 0.2) is 11.7 Å². The minimum Gasteiger partial charge on any atom is -0.484 e. The van der Waals surface area contributed by atoms with E-state index >= 15 is 0 Å². The number of amides is 1. The van der Waals surface area contributed by atoms with Crippen molar-refractivity contribution in [3.63, 3.8) is 0 Å². The Hall–Kier alpha value is -2.09. The zero-order valence-corrected chi connectivity index (χ0v) is 17.3. The molecule has 7 heteroatoms. The van der Waals surface area contributed by atoms with E-state index in [9.17, 15) is 4.79 Å². The minimum absolute atomic E-state index is 0.0251. The molecule has 2 heterocycles. The van der Waals surface area contributed by atoms with Gasteiger partial charge in [-0.25, -0.2) is 4.98 Å². The molecule has 1 aliphatic heterocycles. The van der Waals surface area contributed by atoms with E-state index in [-0.39, 0.29) is 18.6 Å². The van der Waals surface area contributed by atoms with Crippen LogP contribution in [-0.2, 0) is 9.53 Å². The van der Waals surface area contributed by atoms with Crippen molar-refractivity contribution in [1.82, 2.24) is 4.98 Å². The molecule has 2 aromatic carbocycles. The zero-order chi connectivity index (χ0) is 19.3. The summed E-state index contributed by atoms with van der Waals surface area (Å²) in [5.41, 5.74) is 0.909. The predicted molar refractivity (Wildman–Crippen MR) is 115 cm³/mol. The molecule has 0 N–H and O–H groups in total. The van der Waals surface area contributed by atoms with Gasteiger partial charge in [-0.2, -0.15) is 0 Å². The van der Waals surface area contributed by atoms with Crippen LogP contribution in [0.5, 0.6) is 5.75 Å². The Balaban J connectivity index is 1.56. The number of rotatable bonds is 7. The van der Waals surface area contributed by atoms with Crippen molar-refractivity contribution in [2.45, 2.75) is 23.8 Å². The second-order valence-corrected chi connectivity index (χ2v) is 8.46. The third-order valence-electron chi connectivity index (χ3n) is 4.63. The summed E-state index contributed by atoms with van der Waals surface area (Å²) < 4.78 is 12.5. The van der Waals surface area contributed by atoms with Crippen molar-refractivity contribution in [2.24, 2.45) is 0 Å². The molecule has 0 saturated carbocycles. The molecule has 1 saturated heterocycles. The SMILES string of the molecule is CSc1ccc2nc(N(C[C@H]3CCCO3)C(=O)COc3ccccc3)sc2c1. The maximum absolute atomic E-state index is 13.0. The van der Waals surface area contributed by atoms with Gasteiger partial charge in [0.25, 0.3) is 5.91 Å². The Morgan fingerprint density at radius 2 is 2.18 bits per heavy atom. The summed E-state index contributed by atoms with van der Waals surface area (Å²) in [6.07, 6.45) is 4.10. The number of aromatic nitrogens is 1. The van der Waals surface area contributed by atoms with Crippen LogP contribution in [0.2, 0.25) is 0 Å². The normalized spacial score (nSPS) is 16.4. The Morgan fingerprint density at radius 1 is 1.32 bits per heavy atom. The molecular formula is C21H22N2O3S2. The smallest absolute Gasteiger partial charge is 0.266 e. The average molecular weight is 415 g/mol. The van der Waals surface area contributed by atoms with Crippen LogP contribution in [0.1, 0.15) is 12.8 Å². The Morgan fingerprint density at radius 3 is 2.93 bits per heavy atom. The van der Waals surface area contributed by atoms with E-state index in [0.29, 0.717) is 17.4 Å².